The second-order valence-electron chi connectivity index (χ2n) is 28.9. The number of rotatable bonds is 10. The molecule has 2 nitrogen and oxygen atoms in total. The van der Waals surface area contributed by atoms with Gasteiger partial charge >= 0.3 is 0 Å². The standard InChI is InChI=1S/C84H82F2N2/c1-51-17-41-73(53(3)45-51)87(79-69(57-23-35-65(36-24-57)83(11,12)13)47-61(49-71(79)85)55-19-31-63(32-20-55)81(5,6)7)75-43-29-59-28-40-68-76(44-30-60-27-39-67(75)77(59)78(60)68)88(74-42-18-52(2)46-54(74)4)80-70(58-25-37-66(38-26-58)84(14,15)16)48-62(50-72(80)86)56-21-33-64(34-22-56)82(8,9)10/h17-50H,1-16H3. The highest BCUT2D eigenvalue weighted by Crippen LogP contribution is 2.53. The van der Waals surface area contributed by atoms with Gasteiger partial charge in [0.15, 0.2) is 0 Å². The number of anilines is 6. The summed E-state index contributed by atoms with van der Waals surface area (Å²) in [6.45, 7) is 35.1. The first-order chi connectivity index (χ1) is 41.6. The molecule has 0 amide bonds. The Bertz CT molecular complexity index is 4320. The van der Waals surface area contributed by atoms with Crippen molar-refractivity contribution in [2.75, 3.05) is 9.80 Å². The van der Waals surface area contributed by atoms with Crippen LogP contribution in [0.15, 0.2) is 206 Å². The molecule has 0 radical (unpaired) electrons. The van der Waals surface area contributed by atoms with Crippen molar-refractivity contribution in [1.82, 2.24) is 0 Å². The van der Waals surface area contributed by atoms with E-state index in [2.05, 4.69) is 315 Å². The molecule has 88 heavy (non-hydrogen) atoms. The van der Waals surface area contributed by atoms with Gasteiger partial charge in [-0.05, 0) is 186 Å². The third-order valence-electron chi connectivity index (χ3n) is 18.2. The summed E-state index contributed by atoms with van der Waals surface area (Å²) in [5, 5.41) is 6.12. The Kier molecular flexibility index (Phi) is 14.9. The van der Waals surface area contributed by atoms with Crippen LogP contribution in [0.5, 0.6) is 0 Å². The summed E-state index contributed by atoms with van der Waals surface area (Å²) in [6.07, 6.45) is 0. The van der Waals surface area contributed by atoms with Crippen LogP contribution in [-0.4, -0.2) is 0 Å². The first kappa shape index (κ1) is 59.5. The van der Waals surface area contributed by atoms with E-state index in [9.17, 15) is 0 Å². The molecule has 0 saturated heterocycles. The first-order valence-electron chi connectivity index (χ1n) is 31.2. The summed E-state index contributed by atoms with van der Waals surface area (Å²) in [4.78, 5) is 4.34. The van der Waals surface area contributed by atoms with E-state index < -0.39 is 0 Å². The molecule has 0 bridgehead atoms. The SMILES string of the molecule is Cc1ccc(N(c2c(F)cc(-c3ccc(C(C)(C)C)cc3)cc2-c2ccc(C(C)(C)C)cc2)c2ccc3ccc4c(N(c5ccc(C)cc5C)c5c(F)cc(-c6ccc(C(C)(C)C)cc6)cc5-c5ccc(C(C)(C)C)cc5)ccc5ccc2c3c54)c(C)c1. The van der Waals surface area contributed by atoms with Crippen molar-refractivity contribution < 1.29 is 8.78 Å². The molecule has 0 aromatic heterocycles. The average Bonchev–Trinajstić information content (AvgIpc) is 1.21. The third-order valence-corrected chi connectivity index (χ3v) is 18.2. The summed E-state index contributed by atoms with van der Waals surface area (Å²) in [5.74, 6) is -0.661. The summed E-state index contributed by atoms with van der Waals surface area (Å²) in [6, 6.07) is 72.8. The van der Waals surface area contributed by atoms with Crippen LogP contribution in [0.1, 0.15) is 128 Å². The number of aryl methyl sites for hydroxylation is 4. The van der Waals surface area contributed by atoms with Crippen LogP contribution in [0.2, 0.25) is 0 Å². The number of benzene rings is 12. The molecule has 4 heteroatoms. The molecule has 0 aliphatic heterocycles. The predicted molar refractivity (Wildman–Crippen MR) is 375 cm³/mol. The fourth-order valence-corrected chi connectivity index (χ4v) is 13.1. The summed E-state index contributed by atoms with van der Waals surface area (Å²) < 4.78 is 37.1. The molecule has 0 saturated carbocycles. The largest absolute Gasteiger partial charge is 0.306 e. The highest BCUT2D eigenvalue weighted by molar-refractivity contribution is 6.28. The molecule has 0 spiro atoms. The average molecular weight is 1160 g/mol. The molecule has 0 aliphatic rings. The smallest absolute Gasteiger partial charge is 0.148 e. The van der Waals surface area contributed by atoms with E-state index in [1.807, 2.05) is 0 Å². The highest BCUT2D eigenvalue weighted by atomic mass is 19.1. The van der Waals surface area contributed by atoms with Crippen LogP contribution in [0.3, 0.4) is 0 Å². The van der Waals surface area contributed by atoms with E-state index in [4.69, 9.17) is 0 Å². The van der Waals surface area contributed by atoms with Crippen LogP contribution in [0, 0.1) is 39.3 Å². The number of nitrogens with zero attached hydrogens (tertiary/aromatic N) is 2. The zero-order valence-electron chi connectivity index (χ0n) is 54.3. The lowest BCUT2D eigenvalue weighted by Crippen LogP contribution is -2.16. The Morgan fingerprint density at radius 3 is 0.852 bits per heavy atom. The molecule has 442 valence electrons. The Morgan fingerprint density at radius 2 is 0.557 bits per heavy atom. The Balaban J connectivity index is 1.12. The quantitative estimate of drug-likeness (QED) is 0.126. The highest BCUT2D eigenvalue weighted by Gasteiger charge is 2.31. The zero-order valence-corrected chi connectivity index (χ0v) is 54.3. The van der Waals surface area contributed by atoms with Gasteiger partial charge in [0.1, 0.15) is 11.6 Å². The Labute approximate surface area is 521 Å². The fourth-order valence-electron chi connectivity index (χ4n) is 13.1. The second-order valence-corrected chi connectivity index (χ2v) is 28.9. The monoisotopic (exact) mass is 1160 g/mol. The molecule has 0 aliphatic carbocycles. The molecule has 0 fully saturated rings. The molecule has 0 heterocycles. The van der Waals surface area contributed by atoms with E-state index in [-0.39, 0.29) is 33.3 Å². The molecule has 12 rings (SSSR count). The topological polar surface area (TPSA) is 6.48 Å². The van der Waals surface area contributed by atoms with E-state index in [0.29, 0.717) is 11.4 Å². The van der Waals surface area contributed by atoms with Crippen LogP contribution in [0.4, 0.5) is 42.9 Å². The van der Waals surface area contributed by atoms with Gasteiger partial charge in [-0.2, -0.15) is 0 Å². The van der Waals surface area contributed by atoms with Gasteiger partial charge < -0.3 is 9.80 Å². The maximum atomic E-state index is 18.5. The summed E-state index contributed by atoms with van der Waals surface area (Å²) >= 11 is 0. The van der Waals surface area contributed by atoms with Crippen LogP contribution in [-0.2, 0) is 21.7 Å². The van der Waals surface area contributed by atoms with Crippen molar-refractivity contribution >= 4 is 66.4 Å². The maximum absolute atomic E-state index is 18.5. The van der Waals surface area contributed by atoms with Crippen molar-refractivity contribution in [1.29, 1.82) is 0 Å². The van der Waals surface area contributed by atoms with Crippen LogP contribution in [0.25, 0.3) is 76.8 Å². The second kappa shape index (κ2) is 22.1. The predicted octanol–water partition coefficient (Wildman–Crippen LogP) is 24.9. The van der Waals surface area contributed by atoms with Crippen molar-refractivity contribution in [2.45, 2.75) is 132 Å². The van der Waals surface area contributed by atoms with Gasteiger partial charge in [-0.1, -0.05) is 252 Å². The minimum absolute atomic E-state index is 0.0326. The van der Waals surface area contributed by atoms with Crippen molar-refractivity contribution in [2.24, 2.45) is 0 Å². The lowest BCUT2D eigenvalue weighted by molar-refractivity contribution is 0.590. The maximum Gasteiger partial charge on any atom is 0.148 e. The molecule has 0 atom stereocenters. The van der Waals surface area contributed by atoms with Crippen LogP contribution >= 0.6 is 0 Å². The van der Waals surface area contributed by atoms with Gasteiger partial charge in [-0.25, -0.2) is 8.78 Å². The molecular formula is C84H82F2N2. The third kappa shape index (κ3) is 11.1. The van der Waals surface area contributed by atoms with Crippen molar-refractivity contribution in [3.8, 4) is 44.5 Å². The minimum atomic E-state index is -0.330. The Hall–Kier alpha value is -8.86. The van der Waals surface area contributed by atoms with E-state index in [1.54, 1.807) is 12.1 Å². The molecule has 0 N–H and O–H groups in total. The number of hydrogen-bond donors (Lipinski definition) is 0. The normalized spacial score (nSPS) is 12.4. The van der Waals surface area contributed by atoms with Crippen molar-refractivity contribution in [3.63, 3.8) is 0 Å². The zero-order chi connectivity index (χ0) is 62.5. The summed E-state index contributed by atoms with van der Waals surface area (Å²) in [7, 11) is 0. The van der Waals surface area contributed by atoms with Gasteiger partial charge in [0.25, 0.3) is 0 Å². The fraction of sp³-hybridized carbons (Fsp3) is 0.238. The lowest BCUT2D eigenvalue weighted by atomic mass is 9.85. The summed E-state index contributed by atoms with van der Waals surface area (Å²) in [5.41, 5.74) is 20.2. The van der Waals surface area contributed by atoms with E-state index in [1.165, 1.54) is 22.3 Å². The molecule has 0 unspecified atom stereocenters. The van der Waals surface area contributed by atoms with Gasteiger partial charge in [-0.15, -0.1) is 0 Å². The van der Waals surface area contributed by atoms with Gasteiger partial charge in [-0.3, -0.25) is 0 Å². The molecule has 12 aromatic carbocycles. The van der Waals surface area contributed by atoms with E-state index >= 15 is 8.78 Å². The van der Waals surface area contributed by atoms with Crippen molar-refractivity contribution in [3.05, 3.63) is 262 Å². The van der Waals surface area contributed by atoms with Gasteiger partial charge in [0.2, 0.25) is 0 Å². The minimum Gasteiger partial charge on any atom is -0.306 e. The number of hydrogen-bond acceptors (Lipinski definition) is 2. The van der Waals surface area contributed by atoms with Gasteiger partial charge in [0, 0.05) is 33.3 Å². The number of halogens is 2. The first-order valence-corrected chi connectivity index (χ1v) is 31.2. The van der Waals surface area contributed by atoms with Crippen LogP contribution < -0.4 is 9.80 Å². The van der Waals surface area contributed by atoms with E-state index in [0.717, 1.165) is 122 Å². The molecular weight excluding hydrogens is 1070 g/mol. The van der Waals surface area contributed by atoms with Gasteiger partial charge in [0.05, 0.1) is 22.7 Å². The lowest BCUT2D eigenvalue weighted by Gasteiger charge is -2.33. The molecule has 12 aromatic rings. The Morgan fingerprint density at radius 1 is 0.273 bits per heavy atom.